The van der Waals surface area contributed by atoms with Gasteiger partial charge < -0.3 is 0 Å². The molecule has 0 aliphatic carbocycles. The Morgan fingerprint density at radius 2 is 1.89 bits per heavy atom. The highest BCUT2D eigenvalue weighted by Crippen LogP contribution is 2.31. The van der Waals surface area contributed by atoms with Crippen molar-refractivity contribution in [1.82, 2.24) is 0 Å². The SMILES string of the molecule is Cc1cc(C)c(C(=O)CCl)cc1SCC(F)(F)F. The lowest BCUT2D eigenvalue weighted by Crippen LogP contribution is -2.11. The lowest BCUT2D eigenvalue weighted by molar-refractivity contribution is -0.105. The normalized spacial score (nSPS) is 11.7. The molecule has 1 aromatic carbocycles. The van der Waals surface area contributed by atoms with Crippen molar-refractivity contribution < 1.29 is 18.0 Å². The summed E-state index contributed by atoms with van der Waals surface area (Å²) in [7, 11) is 0. The van der Waals surface area contributed by atoms with E-state index in [-0.39, 0.29) is 11.7 Å². The van der Waals surface area contributed by atoms with Crippen LogP contribution in [-0.4, -0.2) is 23.6 Å². The fourth-order valence-electron chi connectivity index (χ4n) is 1.52. The molecule has 0 saturated carbocycles. The van der Waals surface area contributed by atoms with Crippen molar-refractivity contribution in [3.8, 4) is 0 Å². The largest absolute Gasteiger partial charge is 0.398 e. The quantitative estimate of drug-likeness (QED) is 0.466. The summed E-state index contributed by atoms with van der Waals surface area (Å²) in [5, 5.41) is 0. The molecule has 0 bridgehead atoms. The summed E-state index contributed by atoms with van der Waals surface area (Å²) < 4.78 is 36.5. The fraction of sp³-hybridized carbons (Fsp3) is 0.417. The molecule has 0 aromatic heterocycles. The third-order valence-corrected chi connectivity index (χ3v) is 3.80. The lowest BCUT2D eigenvalue weighted by atomic mass is 10.0. The Hall–Kier alpha value is -0.680. The Morgan fingerprint density at radius 1 is 1.28 bits per heavy atom. The van der Waals surface area contributed by atoms with Crippen LogP contribution in [-0.2, 0) is 0 Å². The van der Waals surface area contributed by atoms with Gasteiger partial charge in [0.25, 0.3) is 0 Å². The number of alkyl halides is 4. The maximum Gasteiger partial charge on any atom is 0.398 e. The van der Waals surface area contributed by atoms with E-state index in [1.807, 2.05) is 0 Å². The zero-order chi connectivity index (χ0) is 13.9. The third kappa shape index (κ3) is 4.21. The maximum atomic E-state index is 12.2. The Morgan fingerprint density at radius 3 is 2.39 bits per heavy atom. The smallest absolute Gasteiger partial charge is 0.293 e. The number of hydrogen-bond donors (Lipinski definition) is 0. The number of rotatable bonds is 4. The molecule has 0 aliphatic rings. The highest BCUT2D eigenvalue weighted by atomic mass is 35.5. The molecule has 0 N–H and O–H groups in total. The molecule has 0 amide bonds. The number of Topliss-reactive ketones (excluding diaryl/α,β-unsaturated/α-hetero) is 1. The number of carbonyl (C=O) groups excluding carboxylic acids is 1. The molecule has 0 heterocycles. The van der Waals surface area contributed by atoms with Gasteiger partial charge in [0.1, 0.15) is 0 Å². The first kappa shape index (κ1) is 15.4. The average Bonchev–Trinajstić information content (AvgIpc) is 2.25. The van der Waals surface area contributed by atoms with Crippen LogP contribution >= 0.6 is 23.4 Å². The van der Waals surface area contributed by atoms with Crippen LogP contribution < -0.4 is 0 Å². The van der Waals surface area contributed by atoms with Crippen molar-refractivity contribution in [2.45, 2.75) is 24.9 Å². The van der Waals surface area contributed by atoms with Crippen molar-refractivity contribution in [3.05, 3.63) is 28.8 Å². The molecule has 0 spiro atoms. The molecule has 0 saturated heterocycles. The highest BCUT2D eigenvalue weighted by Gasteiger charge is 2.27. The number of carbonyl (C=O) groups is 1. The molecule has 1 rings (SSSR count). The summed E-state index contributed by atoms with van der Waals surface area (Å²) >= 11 is 6.15. The molecule has 0 atom stereocenters. The van der Waals surface area contributed by atoms with Gasteiger partial charge in [-0.2, -0.15) is 13.2 Å². The molecule has 1 nitrogen and oxygen atoms in total. The van der Waals surface area contributed by atoms with Crippen molar-refractivity contribution >= 4 is 29.1 Å². The van der Waals surface area contributed by atoms with Gasteiger partial charge in [-0.15, -0.1) is 23.4 Å². The first-order valence-electron chi connectivity index (χ1n) is 5.14. The Kier molecular flexibility index (Phi) is 5.10. The second kappa shape index (κ2) is 5.97. The summed E-state index contributed by atoms with van der Waals surface area (Å²) in [5.41, 5.74) is 1.85. The first-order chi connectivity index (χ1) is 8.24. The second-order valence-electron chi connectivity index (χ2n) is 3.89. The standard InChI is InChI=1S/C12H12ClF3OS/c1-7-3-8(2)11(18-6-12(14,15)16)4-9(7)10(17)5-13/h3-4H,5-6H2,1-2H3. The Bertz CT molecular complexity index is 457. The van der Waals surface area contributed by atoms with Gasteiger partial charge in [0, 0.05) is 10.5 Å². The molecule has 0 unspecified atom stereocenters. The van der Waals surface area contributed by atoms with Crippen LogP contribution in [0, 0.1) is 13.8 Å². The van der Waals surface area contributed by atoms with Gasteiger partial charge in [-0.25, -0.2) is 0 Å². The predicted octanol–water partition coefficient (Wildman–Crippen LogP) is 4.38. The molecular weight excluding hydrogens is 285 g/mol. The average molecular weight is 297 g/mol. The van der Waals surface area contributed by atoms with E-state index in [9.17, 15) is 18.0 Å². The van der Waals surface area contributed by atoms with Gasteiger partial charge in [0.15, 0.2) is 5.78 Å². The number of halogens is 4. The van der Waals surface area contributed by atoms with Gasteiger partial charge >= 0.3 is 6.18 Å². The van der Waals surface area contributed by atoms with Crippen LogP contribution in [0.2, 0.25) is 0 Å². The zero-order valence-corrected chi connectivity index (χ0v) is 11.5. The van der Waals surface area contributed by atoms with E-state index in [1.54, 1.807) is 19.9 Å². The summed E-state index contributed by atoms with van der Waals surface area (Å²) in [6, 6.07) is 3.20. The monoisotopic (exact) mass is 296 g/mol. The molecule has 100 valence electrons. The Balaban J connectivity index is 3.02. The van der Waals surface area contributed by atoms with E-state index in [4.69, 9.17) is 11.6 Å². The van der Waals surface area contributed by atoms with Gasteiger partial charge in [-0.05, 0) is 31.0 Å². The number of aryl methyl sites for hydroxylation is 2. The van der Waals surface area contributed by atoms with E-state index in [0.29, 0.717) is 22.2 Å². The second-order valence-corrected chi connectivity index (χ2v) is 5.18. The van der Waals surface area contributed by atoms with Crippen LogP contribution in [0.4, 0.5) is 13.2 Å². The molecule has 0 fully saturated rings. The molecule has 18 heavy (non-hydrogen) atoms. The molecule has 0 aliphatic heterocycles. The topological polar surface area (TPSA) is 17.1 Å². The van der Waals surface area contributed by atoms with Gasteiger partial charge in [0.05, 0.1) is 11.6 Å². The molecule has 6 heteroatoms. The van der Waals surface area contributed by atoms with Gasteiger partial charge in [-0.3, -0.25) is 4.79 Å². The minimum absolute atomic E-state index is 0.173. The van der Waals surface area contributed by atoms with Crippen LogP contribution in [0.15, 0.2) is 17.0 Å². The van der Waals surface area contributed by atoms with E-state index in [0.717, 1.165) is 11.1 Å². The number of hydrogen-bond acceptors (Lipinski definition) is 2. The van der Waals surface area contributed by atoms with Crippen molar-refractivity contribution in [2.24, 2.45) is 0 Å². The number of benzene rings is 1. The summed E-state index contributed by atoms with van der Waals surface area (Å²) in [5.74, 6) is -1.42. The van der Waals surface area contributed by atoms with Crippen LogP contribution in [0.5, 0.6) is 0 Å². The number of thioether (sulfide) groups is 1. The minimum Gasteiger partial charge on any atom is -0.293 e. The maximum absolute atomic E-state index is 12.2. The van der Waals surface area contributed by atoms with Crippen LogP contribution in [0.3, 0.4) is 0 Å². The van der Waals surface area contributed by atoms with Gasteiger partial charge in [-0.1, -0.05) is 6.07 Å². The fourth-order valence-corrected chi connectivity index (χ4v) is 2.47. The summed E-state index contributed by atoms with van der Waals surface area (Å²) in [4.78, 5) is 12.0. The van der Waals surface area contributed by atoms with E-state index in [2.05, 4.69) is 0 Å². The summed E-state index contributed by atoms with van der Waals surface area (Å²) in [6.45, 7) is 3.46. The highest BCUT2D eigenvalue weighted by molar-refractivity contribution is 7.99. The Labute approximate surface area is 113 Å². The molecule has 0 radical (unpaired) electrons. The van der Waals surface area contributed by atoms with Crippen LogP contribution in [0.1, 0.15) is 21.5 Å². The molecular formula is C12H12ClF3OS. The first-order valence-corrected chi connectivity index (χ1v) is 6.66. The lowest BCUT2D eigenvalue weighted by Gasteiger charge is -2.12. The van der Waals surface area contributed by atoms with Gasteiger partial charge in [0.2, 0.25) is 0 Å². The predicted molar refractivity (Wildman–Crippen MR) is 67.7 cm³/mol. The third-order valence-electron chi connectivity index (χ3n) is 2.34. The van der Waals surface area contributed by atoms with Crippen LogP contribution in [0.25, 0.3) is 0 Å². The van der Waals surface area contributed by atoms with Crippen molar-refractivity contribution in [2.75, 3.05) is 11.6 Å². The number of ketones is 1. The van der Waals surface area contributed by atoms with E-state index < -0.39 is 11.9 Å². The molecule has 1 aromatic rings. The zero-order valence-electron chi connectivity index (χ0n) is 9.90. The van der Waals surface area contributed by atoms with E-state index >= 15 is 0 Å². The van der Waals surface area contributed by atoms with E-state index in [1.165, 1.54) is 6.07 Å². The van der Waals surface area contributed by atoms with Crippen molar-refractivity contribution in [1.29, 1.82) is 0 Å². The van der Waals surface area contributed by atoms with Crippen molar-refractivity contribution in [3.63, 3.8) is 0 Å². The minimum atomic E-state index is -4.22. The summed E-state index contributed by atoms with van der Waals surface area (Å²) in [6.07, 6.45) is -4.22.